The molecule has 2 amide bonds. The zero-order valence-corrected chi connectivity index (χ0v) is 13.5. The molecule has 2 aromatic rings. The molecule has 7 nitrogen and oxygen atoms in total. The first-order valence-electron chi connectivity index (χ1n) is 7.36. The van der Waals surface area contributed by atoms with Gasteiger partial charge in [0.05, 0.1) is 12.2 Å². The van der Waals surface area contributed by atoms with Crippen LogP contribution in [0.1, 0.15) is 27.2 Å². The molecule has 0 radical (unpaired) electrons. The predicted octanol–water partition coefficient (Wildman–Crippen LogP) is 1.96. The minimum atomic E-state index is -0.319. The third-order valence-electron chi connectivity index (χ3n) is 2.97. The number of nitrogens with one attached hydrogen (secondary N) is 3. The molecule has 0 aliphatic rings. The van der Waals surface area contributed by atoms with Gasteiger partial charge in [0.2, 0.25) is 11.8 Å². The number of amides is 2. The zero-order chi connectivity index (χ0) is 16.9. The van der Waals surface area contributed by atoms with Crippen molar-refractivity contribution in [2.24, 2.45) is 5.41 Å². The van der Waals surface area contributed by atoms with Crippen LogP contribution in [-0.4, -0.2) is 33.5 Å². The standard InChI is InChI=1S/C16H21N5O2/c1-16(2,3)9-14(22)18-10-15(23)19-13-8-12(20-21-13)11-4-6-17-7-5-11/h4-8H,9-10H2,1-3H3,(H,18,22)(H2,19,20,21,23). The Morgan fingerprint density at radius 1 is 1.17 bits per heavy atom. The molecule has 0 aliphatic carbocycles. The fourth-order valence-corrected chi connectivity index (χ4v) is 1.98. The van der Waals surface area contributed by atoms with E-state index >= 15 is 0 Å². The summed E-state index contributed by atoms with van der Waals surface area (Å²) in [5, 5.41) is 12.1. The zero-order valence-electron chi connectivity index (χ0n) is 13.5. The van der Waals surface area contributed by atoms with Crippen LogP contribution in [0.15, 0.2) is 30.6 Å². The van der Waals surface area contributed by atoms with Crippen LogP contribution in [0.5, 0.6) is 0 Å². The topological polar surface area (TPSA) is 99.8 Å². The molecule has 2 aromatic heterocycles. The van der Waals surface area contributed by atoms with Crippen LogP contribution in [0.3, 0.4) is 0 Å². The van der Waals surface area contributed by atoms with Gasteiger partial charge in [-0.05, 0) is 17.5 Å². The first-order valence-corrected chi connectivity index (χ1v) is 7.36. The molecule has 3 N–H and O–H groups in total. The van der Waals surface area contributed by atoms with E-state index in [2.05, 4.69) is 25.8 Å². The smallest absolute Gasteiger partial charge is 0.244 e. The average molecular weight is 315 g/mol. The largest absolute Gasteiger partial charge is 0.347 e. The van der Waals surface area contributed by atoms with Gasteiger partial charge in [-0.1, -0.05) is 20.8 Å². The lowest BCUT2D eigenvalue weighted by Gasteiger charge is -2.16. The highest BCUT2D eigenvalue weighted by molar-refractivity contribution is 5.94. The number of carbonyl (C=O) groups excluding carboxylic acids is 2. The van der Waals surface area contributed by atoms with Gasteiger partial charge in [-0.25, -0.2) is 0 Å². The van der Waals surface area contributed by atoms with Crippen molar-refractivity contribution >= 4 is 17.6 Å². The fourth-order valence-electron chi connectivity index (χ4n) is 1.98. The normalized spacial score (nSPS) is 11.1. The summed E-state index contributed by atoms with van der Waals surface area (Å²) in [4.78, 5) is 27.5. The van der Waals surface area contributed by atoms with Gasteiger partial charge in [-0.3, -0.25) is 19.7 Å². The summed E-state index contributed by atoms with van der Waals surface area (Å²) in [5.74, 6) is -0.0564. The molecular weight excluding hydrogens is 294 g/mol. The van der Waals surface area contributed by atoms with Crippen molar-refractivity contribution in [3.05, 3.63) is 30.6 Å². The summed E-state index contributed by atoms with van der Waals surface area (Å²) in [5.41, 5.74) is 1.59. The van der Waals surface area contributed by atoms with Gasteiger partial charge in [-0.15, -0.1) is 0 Å². The quantitative estimate of drug-likeness (QED) is 0.785. The van der Waals surface area contributed by atoms with Crippen LogP contribution >= 0.6 is 0 Å². The lowest BCUT2D eigenvalue weighted by Crippen LogP contribution is -2.34. The number of pyridine rings is 1. The molecule has 0 spiro atoms. The maximum atomic E-state index is 11.8. The second kappa shape index (κ2) is 7.04. The number of carbonyl (C=O) groups is 2. The van der Waals surface area contributed by atoms with Crippen molar-refractivity contribution in [1.29, 1.82) is 0 Å². The number of H-pyrrole nitrogens is 1. The van der Waals surface area contributed by atoms with Crippen molar-refractivity contribution in [2.75, 3.05) is 11.9 Å². The molecule has 0 unspecified atom stereocenters. The number of nitrogens with zero attached hydrogens (tertiary/aromatic N) is 2. The highest BCUT2D eigenvalue weighted by Gasteiger charge is 2.16. The second-order valence-corrected chi connectivity index (χ2v) is 6.47. The van der Waals surface area contributed by atoms with Gasteiger partial charge in [0.25, 0.3) is 0 Å². The summed E-state index contributed by atoms with van der Waals surface area (Å²) in [6.07, 6.45) is 3.73. The van der Waals surface area contributed by atoms with Crippen LogP contribution < -0.4 is 10.6 Å². The van der Waals surface area contributed by atoms with Crippen LogP contribution in [-0.2, 0) is 9.59 Å². The third-order valence-corrected chi connectivity index (χ3v) is 2.97. The number of aromatic amines is 1. The molecule has 23 heavy (non-hydrogen) atoms. The Hall–Kier alpha value is -2.70. The van der Waals surface area contributed by atoms with Gasteiger partial charge in [0.15, 0.2) is 5.82 Å². The van der Waals surface area contributed by atoms with Crippen molar-refractivity contribution in [2.45, 2.75) is 27.2 Å². The molecule has 0 saturated carbocycles. The number of anilines is 1. The Bertz CT molecular complexity index is 673. The van der Waals surface area contributed by atoms with Gasteiger partial charge < -0.3 is 10.6 Å². The Morgan fingerprint density at radius 3 is 2.52 bits per heavy atom. The van der Waals surface area contributed by atoms with Crippen LogP contribution in [0, 0.1) is 5.41 Å². The summed E-state index contributed by atoms with van der Waals surface area (Å²) in [6, 6.07) is 5.40. The Labute approximate surface area is 134 Å². The molecule has 2 heterocycles. The van der Waals surface area contributed by atoms with Crippen LogP contribution in [0.25, 0.3) is 11.3 Å². The first kappa shape index (κ1) is 16.7. The number of hydrogen-bond acceptors (Lipinski definition) is 4. The van der Waals surface area contributed by atoms with Crippen LogP contribution in [0.2, 0.25) is 0 Å². The van der Waals surface area contributed by atoms with E-state index in [9.17, 15) is 9.59 Å². The van der Waals surface area contributed by atoms with E-state index in [1.54, 1.807) is 18.5 Å². The van der Waals surface area contributed by atoms with Crippen LogP contribution in [0.4, 0.5) is 5.82 Å². The first-order chi connectivity index (χ1) is 10.8. The Kier molecular flexibility index (Phi) is 5.10. The van der Waals surface area contributed by atoms with Gasteiger partial charge >= 0.3 is 0 Å². The average Bonchev–Trinajstić information content (AvgIpc) is 2.93. The summed E-state index contributed by atoms with van der Waals surface area (Å²) < 4.78 is 0. The number of aromatic nitrogens is 3. The highest BCUT2D eigenvalue weighted by Crippen LogP contribution is 2.19. The number of rotatable bonds is 5. The van der Waals surface area contributed by atoms with Crippen molar-refractivity contribution in [3.8, 4) is 11.3 Å². The van der Waals surface area contributed by atoms with Crippen molar-refractivity contribution in [1.82, 2.24) is 20.5 Å². The molecule has 0 aliphatic heterocycles. The molecule has 0 atom stereocenters. The molecule has 7 heteroatoms. The lowest BCUT2D eigenvalue weighted by molar-refractivity contribution is -0.125. The SMILES string of the molecule is CC(C)(C)CC(=O)NCC(=O)Nc1cc(-c2ccncc2)[nH]n1. The monoisotopic (exact) mass is 315 g/mol. The summed E-state index contributed by atoms with van der Waals surface area (Å²) in [7, 11) is 0. The fraction of sp³-hybridized carbons (Fsp3) is 0.375. The van der Waals surface area contributed by atoms with E-state index in [0.29, 0.717) is 12.2 Å². The lowest BCUT2D eigenvalue weighted by atomic mass is 9.92. The summed E-state index contributed by atoms with van der Waals surface area (Å²) in [6.45, 7) is 5.83. The molecule has 0 fully saturated rings. The van der Waals surface area contributed by atoms with Gasteiger partial charge in [-0.2, -0.15) is 5.10 Å². The van der Waals surface area contributed by atoms with E-state index in [1.165, 1.54) is 0 Å². The predicted molar refractivity (Wildman–Crippen MR) is 87.5 cm³/mol. The number of hydrogen-bond donors (Lipinski definition) is 3. The maximum Gasteiger partial charge on any atom is 0.244 e. The van der Waals surface area contributed by atoms with Crippen molar-refractivity contribution in [3.63, 3.8) is 0 Å². The van der Waals surface area contributed by atoms with Gasteiger partial charge in [0, 0.05) is 30.4 Å². The Morgan fingerprint density at radius 2 is 1.87 bits per heavy atom. The van der Waals surface area contributed by atoms with E-state index < -0.39 is 0 Å². The van der Waals surface area contributed by atoms with Crippen molar-refractivity contribution < 1.29 is 9.59 Å². The second-order valence-electron chi connectivity index (χ2n) is 6.47. The van der Waals surface area contributed by atoms with Gasteiger partial charge in [0.1, 0.15) is 0 Å². The molecule has 0 aromatic carbocycles. The molecule has 0 saturated heterocycles. The minimum absolute atomic E-state index is 0.0770. The van der Waals surface area contributed by atoms with E-state index in [-0.39, 0.29) is 23.8 Å². The summed E-state index contributed by atoms with van der Waals surface area (Å²) >= 11 is 0. The molecule has 0 bridgehead atoms. The molecule has 122 valence electrons. The Balaban J connectivity index is 1.84. The molecule has 2 rings (SSSR count). The minimum Gasteiger partial charge on any atom is -0.347 e. The van der Waals surface area contributed by atoms with E-state index in [4.69, 9.17) is 0 Å². The molecular formula is C16H21N5O2. The maximum absolute atomic E-state index is 11.8. The van der Waals surface area contributed by atoms with E-state index in [0.717, 1.165) is 11.3 Å². The third kappa shape index (κ3) is 5.54. The van der Waals surface area contributed by atoms with E-state index in [1.807, 2.05) is 32.9 Å². The highest BCUT2D eigenvalue weighted by atomic mass is 16.2.